The second kappa shape index (κ2) is 7.49. The smallest absolute Gasteiger partial charge is 0.349 e. The zero-order valence-corrected chi connectivity index (χ0v) is 13.2. The van der Waals surface area contributed by atoms with Crippen molar-refractivity contribution in [2.45, 2.75) is 25.1 Å². The number of carbonyl (C=O) groups is 1. The van der Waals surface area contributed by atoms with Crippen molar-refractivity contribution in [1.29, 1.82) is 0 Å². The van der Waals surface area contributed by atoms with Gasteiger partial charge >= 0.3 is 6.18 Å². The molecule has 1 amide bonds. The largest absolute Gasteiger partial charge is 0.416 e. The summed E-state index contributed by atoms with van der Waals surface area (Å²) in [4.78, 5) is 12.4. The number of rotatable bonds is 5. The minimum absolute atomic E-state index is 0.116. The van der Waals surface area contributed by atoms with Crippen LogP contribution in [0.3, 0.4) is 0 Å². The number of halogens is 3. The first kappa shape index (κ1) is 18.0. The Bertz CT molecular complexity index is 686. The SMILES string of the molecule is CC(NC(=O)C(CN)c1ccccc1)c1cccc(C(F)(F)F)c1. The molecule has 0 radical (unpaired) electrons. The minimum atomic E-state index is -4.41. The van der Waals surface area contributed by atoms with E-state index in [1.165, 1.54) is 6.07 Å². The van der Waals surface area contributed by atoms with Crippen molar-refractivity contribution < 1.29 is 18.0 Å². The number of hydrogen-bond donors (Lipinski definition) is 2. The van der Waals surface area contributed by atoms with Crippen LogP contribution in [0.4, 0.5) is 13.2 Å². The number of hydrogen-bond acceptors (Lipinski definition) is 2. The van der Waals surface area contributed by atoms with Crippen LogP contribution in [0.2, 0.25) is 0 Å². The van der Waals surface area contributed by atoms with Crippen LogP contribution in [0, 0.1) is 0 Å². The van der Waals surface area contributed by atoms with Crippen LogP contribution >= 0.6 is 0 Å². The number of alkyl halides is 3. The summed E-state index contributed by atoms with van der Waals surface area (Å²) in [5.74, 6) is -0.854. The van der Waals surface area contributed by atoms with E-state index in [1.54, 1.807) is 25.1 Å². The van der Waals surface area contributed by atoms with Gasteiger partial charge in [0.05, 0.1) is 17.5 Å². The maximum absolute atomic E-state index is 12.8. The molecule has 0 bridgehead atoms. The van der Waals surface area contributed by atoms with E-state index in [9.17, 15) is 18.0 Å². The standard InChI is InChI=1S/C18H19F3N2O/c1-12(14-8-5-9-15(10-14)18(19,20)21)23-17(24)16(11-22)13-6-3-2-4-7-13/h2-10,12,16H,11,22H2,1H3,(H,23,24). The molecular weight excluding hydrogens is 317 g/mol. The molecule has 2 rings (SSSR count). The number of nitrogens with two attached hydrogens (primary N) is 1. The normalized spacial score (nSPS) is 14.0. The molecular formula is C18H19F3N2O. The van der Waals surface area contributed by atoms with Crippen molar-refractivity contribution in [2.24, 2.45) is 5.73 Å². The molecule has 2 atom stereocenters. The van der Waals surface area contributed by atoms with Gasteiger partial charge in [0, 0.05) is 6.54 Å². The summed E-state index contributed by atoms with van der Waals surface area (Å²) in [6, 6.07) is 13.4. The Morgan fingerprint density at radius 1 is 1.08 bits per heavy atom. The van der Waals surface area contributed by atoms with Crippen LogP contribution < -0.4 is 11.1 Å². The quantitative estimate of drug-likeness (QED) is 0.876. The molecule has 0 aromatic heterocycles. The summed E-state index contributed by atoms with van der Waals surface area (Å²) in [5.41, 5.74) is 6.12. The summed E-state index contributed by atoms with van der Waals surface area (Å²) >= 11 is 0. The molecule has 0 aliphatic rings. The van der Waals surface area contributed by atoms with Gasteiger partial charge < -0.3 is 11.1 Å². The molecule has 0 heterocycles. The Labute approximate surface area is 138 Å². The van der Waals surface area contributed by atoms with Gasteiger partial charge in [0.2, 0.25) is 5.91 Å². The average molecular weight is 336 g/mol. The lowest BCUT2D eigenvalue weighted by atomic mass is 9.97. The lowest BCUT2D eigenvalue weighted by Gasteiger charge is -2.20. The number of carbonyl (C=O) groups excluding carboxylic acids is 1. The van der Waals surface area contributed by atoms with Crippen molar-refractivity contribution in [3.63, 3.8) is 0 Å². The van der Waals surface area contributed by atoms with Gasteiger partial charge in [-0.25, -0.2) is 0 Å². The second-order valence-corrected chi connectivity index (χ2v) is 5.55. The summed E-state index contributed by atoms with van der Waals surface area (Å²) in [6.07, 6.45) is -4.41. The number of amides is 1. The third-order valence-corrected chi connectivity index (χ3v) is 3.83. The monoisotopic (exact) mass is 336 g/mol. The van der Waals surface area contributed by atoms with Gasteiger partial charge in [-0.2, -0.15) is 13.2 Å². The molecule has 0 spiro atoms. The van der Waals surface area contributed by atoms with Crippen LogP contribution in [-0.4, -0.2) is 12.5 Å². The first-order chi connectivity index (χ1) is 11.3. The highest BCUT2D eigenvalue weighted by Crippen LogP contribution is 2.30. The van der Waals surface area contributed by atoms with Gasteiger partial charge in [-0.15, -0.1) is 0 Å². The van der Waals surface area contributed by atoms with E-state index in [4.69, 9.17) is 5.73 Å². The van der Waals surface area contributed by atoms with Crippen molar-refractivity contribution in [2.75, 3.05) is 6.54 Å². The predicted octanol–water partition coefficient (Wildman–Crippen LogP) is 3.63. The Balaban J connectivity index is 2.14. The minimum Gasteiger partial charge on any atom is -0.349 e. The molecule has 0 aliphatic heterocycles. The molecule has 2 unspecified atom stereocenters. The van der Waals surface area contributed by atoms with Crippen molar-refractivity contribution in [3.05, 3.63) is 71.3 Å². The zero-order chi connectivity index (χ0) is 17.7. The van der Waals surface area contributed by atoms with E-state index >= 15 is 0 Å². The summed E-state index contributed by atoms with van der Waals surface area (Å²) in [7, 11) is 0. The lowest BCUT2D eigenvalue weighted by Crippen LogP contribution is -2.35. The fourth-order valence-corrected chi connectivity index (χ4v) is 2.46. The van der Waals surface area contributed by atoms with E-state index in [0.717, 1.165) is 17.7 Å². The average Bonchev–Trinajstić information content (AvgIpc) is 2.56. The van der Waals surface area contributed by atoms with E-state index in [0.29, 0.717) is 5.56 Å². The maximum Gasteiger partial charge on any atom is 0.416 e. The third kappa shape index (κ3) is 4.35. The molecule has 3 N–H and O–H groups in total. The highest BCUT2D eigenvalue weighted by atomic mass is 19.4. The Kier molecular flexibility index (Phi) is 5.62. The Morgan fingerprint density at radius 2 is 1.71 bits per heavy atom. The van der Waals surface area contributed by atoms with Crippen molar-refractivity contribution in [3.8, 4) is 0 Å². The summed E-state index contributed by atoms with van der Waals surface area (Å²) in [5, 5.41) is 2.74. The van der Waals surface area contributed by atoms with Gasteiger partial charge in [0.1, 0.15) is 0 Å². The highest BCUT2D eigenvalue weighted by Gasteiger charge is 2.31. The van der Waals surface area contributed by atoms with Gasteiger partial charge in [-0.3, -0.25) is 4.79 Å². The number of nitrogens with one attached hydrogen (secondary N) is 1. The van der Waals surface area contributed by atoms with Gasteiger partial charge in [0.25, 0.3) is 0 Å². The Hall–Kier alpha value is -2.34. The lowest BCUT2D eigenvalue weighted by molar-refractivity contribution is -0.137. The molecule has 2 aromatic carbocycles. The Morgan fingerprint density at radius 3 is 2.29 bits per heavy atom. The highest BCUT2D eigenvalue weighted by molar-refractivity contribution is 5.84. The predicted molar refractivity (Wildman–Crippen MR) is 86.2 cm³/mol. The molecule has 128 valence electrons. The van der Waals surface area contributed by atoms with Crippen molar-refractivity contribution in [1.82, 2.24) is 5.32 Å². The molecule has 24 heavy (non-hydrogen) atoms. The van der Waals surface area contributed by atoms with Crippen LogP contribution in [0.1, 0.15) is 35.6 Å². The molecule has 2 aromatic rings. The molecule has 0 aliphatic carbocycles. The van der Waals surface area contributed by atoms with Crippen LogP contribution in [0.5, 0.6) is 0 Å². The van der Waals surface area contributed by atoms with Gasteiger partial charge in [-0.1, -0.05) is 42.5 Å². The van der Waals surface area contributed by atoms with E-state index in [1.807, 2.05) is 18.2 Å². The summed E-state index contributed by atoms with van der Waals surface area (Å²) in [6.45, 7) is 1.76. The summed E-state index contributed by atoms with van der Waals surface area (Å²) < 4.78 is 38.4. The molecule has 0 saturated carbocycles. The van der Waals surface area contributed by atoms with Crippen molar-refractivity contribution >= 4 is 5.91 Å². The van der Waals surface area contributed by atoms with Gasteiger partial charge in [0.15, 0.2) is 0 Å². The first-order valence-electron chi connectivity index (χ1n) is 7.55. The molecule has 0 saturated heterocycles. The van der Waals surface area contributed by atoms with Crippen LogP contribution in [0.25, 0.3) is 0 Å². The molecule has 3 nitrogen and oxygen atoms in total. The number of benzene rings is 2. The first-order valence-corrected chi connectivity index (χ1v) is 7.55. The third-order valence-electron chi connectivity index (χ3n) is 3.83. The zero-order valence-electron chi connectivity index (χ0n) is 13.2. The molecule has 0 fully saturated rings. The van der Waals surface area contributed by atoms with Crippen LogP contribution in [-0.2, 0) is 11.0 Å². The van der Waals surface area contributed by atoms with Gasteiger partial charge in [-0.05, 0) is 30.2 Å². The topological polar surface area (TPSA) is 55.1 Å². The van der Waals surface area contributed by atoms with Crippen LogP contribution in [0.15, 0.2) is 54.6 Å². The van der Waals surface area contributed by atoms with E-state index in [2.05, 4.69) is 5.32 Å². The fourth-order valence-electron chi connectivity index (χ4n) is 2.46. The maximum atomic E-state index is 12.8. The molecule has 6 heteroatoms. The van der Waals surface area contributed by atoms with E-state index in [-0.39, 0.29) is 12.5 Å². The second-order valence-electron chi connectivity index (χ2n) is 5.55. The van der Waals surface area contributed by atoms with E-state index < -0.39 is 23.7 Å². The fraction of sp³-hybridized carbons (Fsp3) is 0.278.